The molecular weight excluding hydrogens is 279 g/mol. The van der Waals surface area contributed by atoms with Crippen LogP contribution in [0, 0.1) is 5.82 Å². The van der Waals surface area contributed by atoms with Gasteiger partial charge in [-0.15, -0.1) is 0 Å². The Labute approximate surface area is 117 Å². The third kappa shape index (κ3) is 2.10. The SMILES string of the molecule is O=c1sn(-c2ccc(F)cc2)c(=O)n1-c1ccccc1. The predicted molar refractivity (Wildman–Crippen MR) is 75.5 cm³/mol. The van der Waals surface area contributed by atoms with E-state index in [1.165, 1.54) is 28.2 Å². The topological polar surface area (TPSA) is 44.0 Å². The molecule has 4 nitrogen and oxygen atoms in total. The zero-order chi connectivity index (χ0) is 14.1. The van der Waals surface area contributed by atoms with E-state index in [0.717, 1.165) is 16.1 Å². The first-order valence-corrected chi connectivity index (χ1v) is 6.61. The van der Waals surface area contributed by atoms with Gasteiger partial charge in [-0.3, -0.25) is 4.79 Å². The number of halogens is 1. The number of para-hydroxylation sites is 1. The third-order valence-electron chi connectivity index (χ3n) is 2.79. The average Bonchev–Trinajstić information content (AvgIpc) is 2.76. The van der Waals surface area contributed by atoms with Gasteiger partial charge in [0.05, 0.1) is 11.4 Å². The molecule has 0 N–H and O–H groups in total. The second-order valence-electron chi connectivity index (χ2n) is 4.08. The van der Waals surface area contributed by atoms with Crippen molar-refractivity contribution in [3.63, 3.8) is 0 Å². The van der Waals surface area contributed by atoms with E-state index in [-0.39, 0.29) is 4.87 Å². The lowest BCUT2D eigenvalue weighted by molar-refractivity contribution is 0.627. The lowest BCUT2D eigenvalue weighted by Crippen LogP contribution is -2.26. The predicted octanol–water partition coefficient (Wildman–Crippen LogP) is 2.19. The molecule has 0 saturated heterocycles. The van der Waals surface area contributed by atoms with Crippen molar-refractivity contribution in [3.8, 4) is 11.4 Å². The van der Waals surface area contributed by atoms with E-state index in [4.69, 9.17) is 0 Å². The highest BCUT2D eigenvalue weighted by atomic mass is 32.1. The van der Waals surface area contributed by atoms with Crippen LogP contribution in [0.25, 0.3) is 11.4 Å². The van der Waals surface area contributed by atoms with Gasteiger partial charge in [0.15, 0.2) is 0 Å². The first kappa shape index (κ1) is 12.6. The number of aromatic nitrogens is 2. The summed E-state index contributed by atoms with van der Waals surface area (Å²) in [7, 11) is 0. The summed E-state index contributed by atoms with van der Waals surface area (Å²) in [6.07, 6.45) is 0. The van der Waals surface area contributed by atoms with E-state index in [2.05, 4.69) is 0 Å². The van der Waals surface area contributed by atoms with Crippen LogP contribution in [0.3, 0.4) is 0 Å². The maximum absolute atomic E-state index is 12.9. The lowest BCUT2D eigenvalue weighted by atomic mass is 10.3. The summed E-state index contributed by atoms with van der Waals surface area (Å²) in [5.41, 5.74) is 0.519. The molecule has 0 atom stereocenters. The minimum atomic E-state index is -0.460. The van der Waals surface area contributed by atoms with Crippen molar-refractivity contribution in [1.29, 1.82) is 0 Å². The summed E-state index contributed by atoms with van der Waals surface area (Å²) >= 11 is 0.784. The zero-order valence-corrected chi connectivity index (χ0v) is 11.0. The van der Waals surface area contributed by atoms with Crippen LogP contribution in [0.5, 0.6) is 0 Å². The summed E-state index contributed by atoms with van der Waals surface area (Å²) in [5.74, 6) is -0.392. The van der Waals surface area contributed by atoms with Gasteiger partial charge in [0.2, 0.25) is 0 Å². The monoisotopic (exact) mass is 288 g/mol. The number of hydrogen-bond donors (Lipinski definition) is 0. The molecule has 2 aromatic carbocycles. The lowest BCUT2D eigenvalue weighted by Gasteiger charge is -2.00. The molecule has 0 radical (unpaired) electrons. The van der Waals surface area contributed by atoms with E-state index in [1.807, 2.05) is 0 Å². The van der Waals surface area contributed by atoms with Crippen molar-refractivity contribution in [3.05, 3.63) is 80.6 Å². The Kier molecular flexibility index (Phi) is 3.08. The minimum absolute atomic E-state index is 0.384. The van der Waals surface area contributed by atoms with Gasteiger partial charge in [-0.2, -0.15) is 0 Å². The first-order valence-electron chi connectivity index (χ1n) is 5.83. The van der Waals surface area contributed by atoms with Gasteiger partial charge >= 0.3 is 10.6 Å². The van der Waals surface area contributed by atoms with Gasteiger partial charge in [0, 0.05) is 11.5 Å². The molecule has 0 fully saturated rings. The Morgan fingerprint density at radius 3 is 2.15 bits per heavy atom. The van der Waals surface area contributed by atoms with Gasteiger partial charge in [0.25, 0.3) is 0 Å². The molecule has 1 heterocycles. The van der Waals surface area contributed by atoms with E-state index in [1.54, 1.807) is 30.3 Å². The van der Waals surface area contributed by atoms with Crippen molar-refractivity contribution in [2.45, 2.75) is 0 Å². The van der Waals surface area contributed by atoms with Gasteiger partial charge in [-0.05, 0) is 36.4 Å². The summed E-state index contributed by atoms with van der Waals surface area (Å²) in [6, 6.07) is 14.1. The molecule has 3 aromatic rings. The standard InChI is InChI=1S/C14H9FN2O2S/c15-10-6-8-12(9-7-10)17-13(18)16(14(19)20-17)11-4-2-1-3-5-11/h1-9H. The van der Waals surface area contributed by atoms with E-state index in [0.29, 0.717) is 11.4 Å². The highest BCUT2D eigenvalue weighted by Gasteiger charge is 2.12. The van der Waals surface area contributed by atoms with Gasteiger partial charge in [0.1, 0.15) is 5.82 Å². The number of hydrogen-bond acceptors (Lipinski definition) is 3. The van der Waals surface area contributed by atoms with Gasteiger partial charge < -0.3 is 0 Å². The molecule has 0 bridgehead atoms. The smallest absolute Gasteiger partial charge is 0.255 e. The Bertz CT molecular complexity index is 847. The van der Waals surface area contributed by atoms with Crippen LogP contribution in [0.1, 0.15) is 0 Å². The molecule has 1 aromatic heterocycles. The maximum atomic E-state index is 12.9. The van der Waals surface area contributed by atoms with E-state index < -0.39 is 11.5 Å². The van der Waals surface area contributed by atoms with Crippen molar-refractivity contribution in [2.75, 3.05) is 0 Å². The van der Waals surface area contributed by atoms with Crippen molar-refractivity contribution >= 4 is 11.5 Å². The van der Waals surface area contributed by atoms with Crippen LogP contribution in [-0.2, 0) is 0 Å². The number of benzene rings is 2. The second kappa shape index (κ2) is 4.90. The molecule has 0 aliphatic carbocycles. The largest absolute Gasteiger partial charge is 0.350 e. The number of nitrogens with zero attached hydrogens (tertiary/aromatic N) is 2. The molecule has 20 heavy (non-hydrogen) atoms. The molecule has 0 amide bonds. The maximum Gasteiger partial charge on any atom is 0.350 e. The molecule has 3 rings (SSSR count). The molecular formula is C14H9FN2O2S. The van der Waals surface area contributed by atoms with Gasteiger partial charge in [-0.1, -0.05) is 18.2 Å². The molecule has 0 unspecified atom stereocenters. The Morgan fingerprint density at radius 2 is 1.50 bits per heavy atom. The third-order valence-corrected chi connectivity index (χ3v) is 3.68. The molecule has 6 heteroatoms. The quantitative estimate of drug-likeness (QED) is 0.725. The summed E-state index contributed by atoms with van der Waals surface area (Å²) in [4.78, 5) is 23.9. The van der Waals surface area contributed by atoms with Crippen LogP contribution in [0.2, 0.25) is 0 Å². The van der Waals surface area contributed by atoms with Crippen molar-refractivity contribution < 1.29 is 4.39 Å². The zero-order valence-electron chi connectivity index (χ0n) is 10.2. The van der Waals surface area contributed by atoms with Crippen LogP contribution >= 0.6 is 11.5 Å². The fraction of sp³-hybridized carbons (Fsp3) is 0. The molecule has 0 saturated carbocycles. The van der Waals surface area contributed by atoms with Gasteiger partial charge in [-0.25, -0.2) is 17.7 Å². The van der Waals surface area contributed by atoms with Crippen LogP contribution in [-0.4, -0.2) is 8.52 Å². The highest BCUT2D eigenvalue weighted by molar-refractivity contribution is 7.03. The fourth-order valence-electron chi connectivity index (χ4n) is 1.86. The minimum Gasteiger partial charge on any atom is -0.255 e. The first-order chi connectivity index (χ1) is 9.66. The number of rotatable bonds is 2. The van der Waals surface area contributed by atoms with Crippen molar-refractivity contribution in [1.82, 2.24) is 8.52 Å². The summed E-state index contributed by atoms with van der Waals surface area (Å²) < 4.78 is 15.2. The van der Waals surface area contributed by atoms with E-state index >= 15 is 0 Å². The van der Waals surface area contributed by atoms with Crippen LogP contribution in [0.15, 0.2) is 64.2 Å². The Hall–Kier alpha value is -2.47. The Balaban J connectivity index is 2.20. The highest BCUT2D eigenvalue weighted by Crippen LogP contribution is 2.09. The molecule has 0 spiro atoms. The molecule has 0 aliphatic heterocycles. The summed E-state index contributed by atoms with van der Waals surface area (Å²) in [5, 5.41) is 0. The second-order valence-corrected chi connectivity index (χ2v) is 4.98. The normalized spacial score (nSPS) is 10.7. The van der Waals surface area contributed by atoms with Crippen molar-refractivity contribution in [2.24, 2.45) is 0 Å². The average molecular weight is 288 g/mol. The molecule has 0 aliphatic rings. The van der Waals surface area contributed by atoms with Crippen LogP contribution in [0.4, 0.5) is 4.39 Å². The Morgan fingerprint density at radius 1 is 0.850 bits per heavy atom. The van der Waals surface area contributed by atoms with Crippen LogP contribution < -0.4 is 10.6 Å². The summed E-state index contributed by atoms with van der Waals surface area (Å²) in [6.45, 7) is 0. The fourth-order valence-corrected chi connectivity index (χ4v) is 2.67. The molecule has 100 valence electrons. The van der Waals surface area contributed by atoms with E-state index in [9.17, 15) is 14.0 Å².